The number of hydrogen-bond donors (Lipinski definition) is 2. The van der Waals surface area contributed by atoms with E-state index in [1.54, 1.807) is 0 Å². The Hall–Kier alpha value is -4.26. The molecule has 0 bridgehead atoms. The molecule has 1 aliphatic rings. The zero-order chi connectivity index (χ0) is 29.2. The van der Waals surface area contributed by atoms with Crippen LogP contribution >= 0.6 is 23.2 Å². The number of carbonyl (C=O) groups excluding carboxylic acids is 2. The average Bonchev–Trinajstić information content (AvgIpc) is 3.50. The molecule has 210 valence electrons. The van der Waals surface area contributed by atoms with Crippen molar-refractivity contribution in [1.29, 1.82) is 0 Å². The van der Waals surface area contributed by atoms with Gasteiger partial charge in [0.2, 0.25) is 5.78 Å². The maximum Gasteiger partial charge on any atom is 0.222 e. The fourth-order valence-corrected chi connectivity index (χ4v) is 6.98. The Labute approximate surface area is 252 Å². The van der Waals surface area contributed by atoms with Gasteiger partial charge in [-0.3, -0.25) is 9.59 Å². The van der Waals surface area contributed by atoms with E-state index in [0.29, 0.717) is 11.4 Å². The second-order valence-electron chi connectivity index (χ2n) is 10.6. The van der Waals surface area contributed by atoms with Gasteiger partial charge in [-0.1, -0.05) is 48.0 Å². The van der Waals surface area contributed by atoms with Crippen LogP contribution in [-0.2, 0) is 22.7 Å². The van der Waals surface area contributed by atoms with E-state index >= 15 is 0 Å². The summed E-state index contributed by atoms with van der Waals surface area (Å²) < 4.78 is 4.51. The number of anilines is 2. The lowest BCUT2D eigenvalue weighted by atomic mass is 9.89. The summed E-state index contributed by atoms with van der Waals surface area (Å²) in [5.74, 6) is -0.954. The van der Waals surface area contributed by atoms with Gasteiger partial charge in [-0.25, -0.2) is 0 Å². The number of ketones is 2. The minimum Gasteiger partial charge on any atom is -0.355 e. The highest BCUT2D eigenvalue weighted by molar-refractivity contribution is 6.51. The van der Waals surface area contributed by atoms with Crippen LogP contribution in [0, 0.1) is 0 Å². The second kappa shape index (κ2) is 9.93. The SMILES string of the molecule is CCn1c2ccccc2c2cc(NC3(Nc4ccc5c(c4)c4ccccc4n5CC)C(=O)C(Cl)=CC(=O)C3Cl)ccc21. The minimum absolute atomic E-state index is 0.177. The normalized spacial score (nSPS) is 17.0. The lowest BCUT2D eigenvalue weighted by Crippen LogP contribution is -2.63. The molecule has 4 aromatic carbocycles. The maximum absolute atomic E-state index is 13.9. The van der Waals surface area contributed by atoms with Gasteiger partial charge in [-0.05, 0) is 62.4 Å². The summed E-state index contributed by atoms with van der Waals surface area (Å²) in [5, 5.41) is 9.50. The number of nitrogens with one attached hydrogen (secondary N) is 2. The zero-order valence-electron chi connectivity index (χ0n) is 23.1. The van der Waals surface area contributed by atoms with Gasteiger partial charge in [0.25, 0.3) is 0 Å². The van der Waals surface area contributed by atoms with Crippen LogP contribution in [-0.4, -0.2) is 31.7 Å². The number of carbonyl (C=O) groups is 2. The van der Waals surface area contributed by atoms with Crippen LogP contribution in [0.2, 0.25) is 0 Å². The highest BCUT2D eigenvalue weighted by Gasteiger charge is 2.52. The van der Waals surface area contributed by atoms with Crippen LogP contribution in [0.3, 0.4) is 0 Å². The molecule has 0 spiro atoms. The van der Waals surface area contributed by atoms with Crippen molar-refractivity contribution >= 4 is 89.8 Å². The summed E-state index contributed by atoms with van der Waals surface area (Å²) in [6, 6.07) is 28.3. The third kappa shape index (κ3) is 3.86. The number of aryl methyl sites for hydroxylation is 2. The molecule has 0 saturated heterocycles. The highest BCUT2D eigenvalue weighted by atomic mass is 35.5. The third-order valence-electron chi connectivity index (χ3n) is 8.33. The van der Waals surface area contributed by atoms with E-state index in [1.807, 2.05) is 60.7 Å². The third-order valence-corrected chi connectivity index (χ3v) is 9.16. The van der Waals surface area contributed by atoms with Crippen molar-refractivity contribution in [1.82, 2.24) is 9.13 Å². The van der Waals surface area contributed by atoms with Gasteiger partial charge < -0.3 is 19.8 Å². The summed E-state index contributed by atoms with van der Waals surface area (Å²) in [7, 11) is 0. The van der Waals surface area contributed by atoms with Crippen molar-refractivity contribution in [2.45, 2.75) is 38.0 Å². The van der Waals surface area contributed by atoms with Gasteiger partial charge in [0.05, 0.1) is 5.03 Å². The Kier molecular flexibility index (Phi) is 6.30. The largest absolute Gasteiger partial charge is 0.355 e. The monoisotopic (exact) mass is 594 g/mol. The van der Waals surface area contributed by atoms with E-state index < -0.39 is 22.6 Å². The molecular weight excluding hydrogens is 567 g/mol. The van der Waals surface area contributed by atoms with E-state index in [4.69, 9.17) is 23.2 Å². The molecule has 6 nitrogen and oxygen atoms in total. The first kappa shape index (κ1) is 26.6. The number of hydrogen-bond acceptors (Lipinski definition) is 4. The van der Waals surface area contributed by atoms with Crippen molar-refractivity contribution < 1.29 is 9.59 Å². The number of rotatable bonds is 6. The quantitative estimate of drug-likeness (QED) is 0.151. The van der Waals surface area contributed by atoms with Gasteiger partial charge in [0.1, 0.15) is 5.38 Å². The van der Waals surface area contributed by atoms with Crippen LogP contribution < -0.4 is 10.6 Å². The fourth-order valence-electron chi connectivity index (χ4n) is 6.45. The number of halogens is 2. The number of Topliss-reactive ketones (excluding diaryl/α,β-unsaturated/α-hetero) is 1. The Morgan fingerprint density at radius 3 is 1.62 bits per heavy atom. The molecule has 8 heteroatoms. The lowest BCUT2D eigenvalue weighted by molar-refractivity contribution is -0.124. The summed E-state index contributed by atoms with van der Waals surface area (Å²) >= 11 is 13.2. The predicted molar refractivity (Wildman–Crippen MR) is 174 cm³/mol. The Morgan fingerprint density at radius 1 is 0.690 bits per heavy atom. The van der Waals surface area contributed by atoms with Crippen LogP contribution in [0.15, 0.2) is 96.0 Å². The van der Waals surface area contributed by atoms with Crippen LogP contribution in [0.5, 0.6) is 0 Å². The number of benzene rings is 4. The van der Waals surface area contributed by atoms with Crippen LogP contribution in [0.25, 0.3) is 43.6 Å². The number of nitrogens with zero attached hydrogens (tertiary/aromatic N) is 2. The van der Waals surface area contributed by atoms with Crippen LogP contribution in [0.4, 0.5) is 11.4 Å². The van der Waals surface area contributed by atoms with Crippen molar-refractivity contribution in [3.05, 3.63) is 96.0 Å². The maximum atomic E-state index is 13.9. The fraction of sp³-hybridized carbons (Fsp3) is 0.176. The molecule has 2 N–H and O–H groups in total. The second-order valence-corrected chi connectivity index (χ2v) is 11.5. The molecule has 0 amide bonds. The van der Waals surface area contributed by atoms with Crippen LogP contribution in [0.1, 0.15) is 13.8 Å². The summed E-state index contributed by atoms with van der Waals surface area (Å²) in [5.41, 5.74) is 3.96. The molecule has 42 heavy (non-hydrogen) atoms. The summed E-state index contributed by atoms with van der Waals surface area (Å²) in [6.07, 6.45) is 1.11. The van der Waals surface area contributed by atoms with Gasteiger partial charge in [0.15, 0.2) is 11.4 Å². The molecule has 0 aliphatic heterocycles. The molecule has 6 aromatic rings. The number of para-hydroxylation sites is 2. The van der Waals surface area contributed by atoms with Gasteiger partial charge in [0, 0.05) is 74.2 Å². The van der Waals surface area contributed by atoms with E-state index in [-0.39, 0.29) is 5.03 Å². The number of aromatic nitrogens is 2. The Morgan fingerprint density at radius 2 is 1.14 bits per heavy atom. The molecule has 0 saturated carbocycles. The summed E-state index contributed by atoms with van der Waals surface area (Å²) in [4.78, 5) is 27.0. The first-order valence-corrected chi connectivity index (χ1v) is 14.9. The molecule has 1 aliphatic carbocycles. The number of allylic oxidation sites excluding steroid dienone is 1. The minimum atomic E-state index is -1.72. The Bertz CT molecular complexity index is 1980. The molecule has 1 unspecified atom stereocenters. The smallest absolute Gasteiger partial charge is 0.222 e. The molecule has 0 radical (unpaired) electrons. The number of fused-ring (bicyclic) bond motifs is 6. The van der Waals surface area contributed by atoms with Gasteiger partial charge >= 0.3 is 0 Å². The number of alkyl halides is 1. The summed E-state index contributed by atoms with van der Waals surface area (Å²) in [6.45, 7) is 5.86. The predicted octanol–water partition coefficient (Wildman–Crippen LogP) is 8.04. The molecule has 2 aromatic heterocycles. The van der Waals surface area contributed by atoms with Gasteiger partial charge in [-0.15, -0.1) is 11.6 Å². The van der Waals surface area contributed by atoms with Crippen molar-refractivity contribution in [3.8, 4) is 0 Å². The first-order valence-electron chi connectivity index (χ1n) is 14.0. The van der Waals surface area contributed by atoms with E-state index in [1.165, 1.54) is 0 Å². The average molecular weight is 596 g/mol. The van der Waals surface area contributed by atoms with E-state index in [9.17, 15) is 9.59 Å². The van der Waals surface area contributed by atoms with Gasteiger partial charge in [-0.2, -0.15) is 0 Å². The molecule has 7 rings (SSSR count). The van der Waals surface area contributed by atoms with E-state index in [2.05, 4.69) is 57.9 Å². The molecular formula is C34H28Cl2N4O2. The first-order chi connectivity index (χ1) is 20.4. The topological polar surface area (TPSA) is 68.1 Å². The van der Waals surface area contributed by atoms with Crippen molar-refractivity contribution in [2.75, 3.05) is 10.6 Å². The molecule has 1 atom stereocenters. The van der Waals surface area contributed by atoms with E-state index in [0.717, 1.165) is 62.8 Å². The van der Waals surface area contributed by atoms with Crippen molar-refractivity contribution in [3.63, 3.8) is 0 Å². The zero-order valence-corrected chi connectivity index (χ0v) is 24.6. The van der Waals surface area contributed by atoms with Crippen molar-refractivity contribution in [2.24, 2.45) is 0 Å². The lowest BCUT2D eigenvalue weighted by Gasteiger charge is -2.40. The molecule has 0 fully saturated rings. The highest BCUT2D eigenvalue weighted by Crippen LogP contribution is 2.38. The standard InChI is InChI=1S/C34H28Cl2N4O2/c1-3-39-27-11-7-5-9-22(27)24-17-20(13-15-29(24)39)37-34(32(36)31(41)19-26(35)33(34)42)38-21-14-16-30-25(18-21)23-10-6-8-12-28(23)40(30)4-2/h5-19,32,37-38H,3-4H2,1-2H3. The Balaban J connectivity index is 1.38. The molecule has 2 heterocycles.